The average Bonchev–Trinajstić information content (AvgIpc) is 2.38. The molecule has 0 saturated heterocycles. The Morgan fingerprint density at radius 1 is 0.789 bits per heavy atom. The normalized spacial score (nSPS) is 9.47. The van der Waals surface area contributed by atoms with E-state index in [1.165, 1.54) is 12.1 Å². The maximum Gasteiger partial charge on any atom is 0.337 e. The van der Waals surface area contributed by atoms with Crippen LogP contribution in [0.4, 0.5) is 0 Å². The van der Waals surface area contributed by atoms with Crippen molar-refractivity contribution in [2.24, 2.45) is 0 Å². The number of benzene rings is 2. The molecule has 1 radical (unpaired) electrons. The summed E-state index contributed by atoms with van der Waals surface area (Å²) >= 11 is 0. The van der Waals surface area contributed by atoms with Crippen LogP contribution in [0.25, 0.3) is 11.1 Å². The molecule has 4 nitrogen and oxygen atoms in total. The average molecular weight is 306 g/mol. The molecular weight excluding hydrogens is 296 g/mol. The molecule has 19 heavy (non-hydrogen) atoms. The van der Waals surface area contributed by atoms with E-state index in [0.29, 0.717) is 11.1 Å². The van der Waals surface area contributed by atoms with Crippen molar-refractivity contribution in [3.63, 3.8) is 0 Å². The van der Waals surface area contributed by atoms with Gasteiger partial charge in [-0.3, -0.25) is 0 Å². The van der Waals surface area contributed by atoms with Gasteiger partial charge in [-0.15, -0.1) is 0 Å². The van der Waals surface area contributed by atoms with Crippen molar-refractivity contribution in [1.29, 1.82) is 0 Å². The standard InChI is InChI=1S/C14H10O4.Cu/c15-13(16)11-8-4-7-10(12(11)14(17)18)9-5-2-1-3-6-9;/h1-8H,(H,15,16)(H,17,18);. The second-order valence-corrected chi connectivity index (χ2v) is 3.70. The van der Waals surface area contributed by atoms with E-state index >= 15 is 0 Å². The molecule has 0 heterocycles. The number of aromatic carboxylic acids is 2. The van der Waals surface area contributed by atoms with Gasteiger partial charge < -0.3 is 10.2 Å². The first-order valence-corrected chi connectivity index (χ1v) is 5.26. The fourth-order valence-corrected chi connectivity index (χ4v) is 1.82. The predicted molar refractivity (Wildman–Crippen MR) is 65.8 cm³/mol. The molecule has 0 fully saturated rings. The number of carboxylic acid groups (broad SMARTS) is 2. The summed E-state index contributed by atoms with van der Waals surface area (Å²) in [7, 11) is 0. The van der Waals surface area contributed by atoms with E-state index in [-0.39, 0.29) is 28.2 Å². The summed E-state index contributed by atoms with van der Waals surface area (Å²) in [5.74, 6) is -2.49. The maximum atomic E-state index is 11.3. The molecule has 2 rings (SSSR count). The number of hydrogen-bond acceptors (Lipinski definition) is 2. The summed E-state index contributed by atoms with van der Waals surface area (Å²) in [6.45, 7) is 0. The first kappa shape index (κ1) is 15.0. The van der Waals surface area contributed by atoms with Gasteiger partial charge in [0.15, 0.2) is 0 Å². The fraction of sp³-hybridized carbons (Fsp3) is 0. The molecule has 0 aliphatic carbocycles. The van der Waals surface area contributed by atoms with Crippen LogP contribution >= 0.6 is 0 Å². The van der Waals surface area contributed by atoms with E-state index in [9.17, 15) is 14.7 Å². The van der Waals surface area contributed by atoms with Gasteiger partial charge in [-0.2, -0.15) is 0 Å². The maximum absolute atomic E-state index is 11.3. The zero-order valence-electron chi connectivity index (χ0n) is 9.63. The topological polar surface area (TPSA) is 74.6 Å². The van der Waals surface area contributed by atoms with Gasteiger partial charge >= 0.3 is 11.9 Å². The van der Waals surface area contributed by atoms with Crippen LogP contribution in [0.1, 0.15) is 20.7 Å². The van der Waals surface area contributed by atoms with Crippen LogP contribution in [0.2, 0.25) is 0 Å². The van der Waals surface area contributed by atoms with E-state index in [1.807, 2.05) is 6.07 Å². The Kier molecular flexibility index (Phi) is 4.87. The minimum absolute atomic E-state index is 0. The van der Waals surface area contributed by atoms with Crippen molar-refractivity contribution >= 4 is 11.9 Å². The summed E-state index contributed by atoms with van der Waals surface area (Å²) in [4.78, 5) is 22.3. The van der Waals surface area contributed by atoms with Crippen LogP contribution in [-0.2, 0) is 17.1 Å². The molecule has 0 unspecified atom stereocenters. The smallest absolute Gasteiger partial charge is 0.337 e. The largest absolute Gasteiger partial charge is 0.478 e. The van der Waals surface area contributed by atoms with Gasteiger partial charge in [0.1, 0.15) is 0 Å². The molecule has 2 aromatic carbocycles. The van der Waals surface area contributed by atoms with Crippen molar-refractivity contribution in [3.05, 3.63) is 59.7 Å². The first-order chi connectivity index (χ1) is 8.61. The Labute approximate surface area is 120 Å². The minimum Gasteiger partial charge on any atom is -0.478 e. The second kappa shape index (κ2) is 6.18. The van der Waals surface area contributed by atoms with Gasteiger partial charge in [-0.05, 0) is 17.2 Å². The van der Waals surface area contributed by atoms with Crippen LogP contribution in [0.15, 0.2) is 48.5 Å². The van der Waals surface area contributed by atoms with E-state index in [0.717, 1.165) is 0 Å². The molecule has 2 N–H and O–H groups in total. The summed E-state index contributed by atoms with van der Waals surface area (Å²) in [5, 5.41) is 18.2. The molecule has 0 saturated carbocycles. The van der Waals surface area contributed by atoms with Crippen molar-refractivity contribution in [2.45, 2.75) is 0 Å². The van der Waals surface area contributed by atoms with Crippen molar-refractivity contribution in [1.82, 2.24) is 0 Å². The fourth-order valence-electron chi connectivity index (χ4n) is 1.82. The van der Waals surface area contributed by atoms with Crippen LogP contribution in [0.5, 0.6) is 0 Å². The molecule has 2 aromatic rings. The Hall–Kier alpha value is -2.10. The van der Waals surface area contributed by atoms with E-state index < -0.39 is 11.9 Å². The van der Waals surface area contributed by atoms with Gasteiger partial charge in [0.05, 0.1) is 11.1 Å². The van der Waals surface area contributed by atoms with Crippen LogP contribution in [-0.4, -0.2) is 22.2 Å². The third-order valence-electron chi connectivity index (χ3n) is 2.59. The number of rotatable bonds is 3. The molecule has 0 spiro atoms. The molecule has 0 amide bonds. The van der Waals surface area contributed by atoms with Crippen LogP contribution < -0.4 is 0 Å². The molecule has 0 bridgehead atoms. The Bertz CT molecular complexity index is 608. The van der Waals surface area contributed by atoms with Gasteiger partial charge in [0.25, 0.3) is 0 Å². The number of carboxylic acids is 2. The van der Waals surface area contributed by atoms with Crippen molar-refractivity contribution < 1.29 is 36.9 Å². The Morgan fingerprint density at radius 2 is 1.42 bits per heavy atom. The van der Waals surface area contributed by atoms with Crippen LogP contribution in [0, 0.1) is 0 Å². The van der Waals surface area contributed by atoms with Gasteiger partial charge in [0.2, 0.25) is 0 Å². The predicted octanol–water partition coefficient (Wildman–Crippen LogP) is 2.75. The van der Waals surface area contributed by atoms with Gasteiger partial charge in [-0.25, -0.2) is 9.59 Å². The molecule has 0 aliphatic heterocycles. The first-order valence-electron chi connectivity index (χ1n) is 5.26. The van der Waals surface area contributed by atoms with Gasteiger partial charge in [0, 0.05) is 17.1 Å². The third-order valence-corrected chi connectivity index (χ3v) is 2.59. The summed E-state index contributed by atoms with van der Waals surface area (Å²) in [5.41, 5.74) is 0.695. The quantitative estimate of drug-likeness (QED) is 0.855. The van der Waals surface area contributed by atoms with E-state index in [1.54, 1.807) is 30.3 Å². The SMILES string of the molecule is O=C(O)c1cccc(-c2ccccc2)c1C(=O)O.[Cu]. The van der Waals surface area contributed by atoms with E-state index in [4.69, 9.17) is 5.11 Å². The second-order valence-electron chi connectivity index (χ2n) is 3.70. The van der Waals surface area contributed by atoms with Crippen LogP contribution in [0.3, 0.4) is 0 Å². The number of hydrogen-bond donors (Lipinski definition) is 2. The summed E-state index contributed by atoms with van der Waals surface area (Å²) < 4.78 is 0. The monoisotopic (exact) mass is 305 g/mol. The zero-order valence-corrected chi connectivity index (χ0v) is 10.6. The van der Waals surface area contributed by atoms with Crippen molar-refractivity contribution in [2.75, 3.05) is 0 Å². The zero-order chi connectivity index (χ0) is 13.1. The van der Waals surface area contributed by atoms with Crippen molar-refractivity contribution in [3.8, 4) is 11.1 Å². The minimum atomic E-state index is -1.25. The Balaban J connectivity index is 0.00000180. The molecular formula is C14H10CuO4. The van der Waals surface area contributed by atoms with E-state index in [2.05, 4.69) is 0 Å². The Morgan fingerprint density at radius 3 is 1.95 bits per heavy atom. The molecule has 0 atom stereocenters. The molecule has 5 heteroatoms. The molecule has 0 aromatic heterocycles. The third kappa shape index (κ3) is 3.02. The number of carbonyl (C=O) groups is 2. The van der Waals surface area contributed by atoms with Gasteiger partial charge in [-0.1, -0.05) is 42.5 Å². The molecule has 0 aliphatic rings. The summed E-state index contributed by atoms with van der Waals surface area (Å²) in [6.07, 6.45) is 0. The molecule has 101 valence electrons. The summed E-state index contributed by atoms with van der Waals surface area (Å²) in [6, 6.07) is 13.3.